The van der Waals surface area contributed by atoms with Crippen molar-refractivity contribution in [1.29, 1.82) is 0 Å². The molecule has 1 aromatic heterocycles. The van der Waals surface area contributed by atoms with Gasteiger partial charge >= 0.3 is 0 Å². The molecule has 0 spiro atoms. The molecule has 0 aromatic carbocycles. The Morgan fingerprint density at radius 2 is 2.27 bits per heavy atom. The molecule has 0 radical (unpaired) electrons. The Kier molecular flexibility index (Phi) is 2.20. The fourth-order valence-electron chi connectivity index (χ4n) is 0.640. The van der Waals surface area contributed by atoms with Crippen LogP contribution >= 0.6 is 0 Å². The second-order valence-electron chi connectivity index (χ2n) is 2.12. The minimum absolute atomic E-state index is 0.198. The third-order valence-electron chi connectivity index (χ3n) is 1.20. The summed E-state index contributed by atoms with van der Waals surface area (Å²) in [6, 6.07) is 0. The van der Waals surface area contributed by atoms with Gasteiger partial charge in [0.05, 0.1) is 0 Å². The van der Waals surface area contributed by atoms with Gasteiger partial charge in [0.2, 0.25) is 5.95 Å². The molecule has 0 saturated heterocycles. The second kappa shape index (κ2) is 3.14. The van der Waals surface area contributed by atoms with E-state index in [1.165, 1.54) is 0 Å². The largest absolute Gasteiger partial charge is 0.355 e. The van der Waals surface area contributed by atoms with Crippen molar-refractivity contribution in [3.05, 3.63) is 16.0 Å². The summed E-state index contributed by atoms with van der Waals surface area (Å²) < 4.78 is 0. The molecular formula is C6H10N4O. The molecule has 2 N–H and O–H groups in total. The molecule has 0 aliphatic heterocycles. The van der Waals surface area contributed by atoms with Gasteiger partial charge in [-0.2, -0.15) is 0 Å². The van der Waals surface area contributed by atoms with Crippen LogP contribution < -0.4 is 10.9 Å². The molecule has 0 atom stereocenters. The number of anilines is 1. The molecule has 0 fully saturated rings. The Bertz CT molecular complexity index is 293. The van der Waals surface area contributed by atoms with Gasteiger partial charge in [0, 0.05) is 6.54 Å². The summed E-state index contributed by atoms with van der Waals surface area (Å²) in [6.45, 7) is 4.25. The van der Waals surface area contributed by atoms with Crippen molar-refractivity contribution in [2.45, 2.75) is 13.8 Å². The molecule has 1 rings (SSSR count). The van der Waals surface area contributed by atoms with E-state index in [2.05, 4.69) is 20.5 Å². The number of rotatable bonds is 2. The van der Waals surface area contributed by atoms with E-state index in [9.17, 15) is 4.79 Å². The predicted octanol–water partition coefficient (Wildman–Crippen LogP) is -0.0949. The number of aromatic nitrogens is 3. The zero-order valence-corrected chi connectivity index (χ0v) is 6.51. The molecule has 1 heterocycles. The molecule has 0 amide bonds. The van der Waals surface area contributed by atoms with Crippen molar-refractivity contribution in [2.75, 3.05) is 11.9 Å². The third kappa shape index (κ3) is 1.76. The molecule has 0 aliphatic carbocycles. The molecule has 0 saturated carbocycles. The van der Waals surface area contributed by atoms with E-state index in [4.69, 9.17) is 0 Å². The van der Waals surface area contributed by atoms with Gasteiger partial charge in [0.1, 0.15) is 5.69 Å². The van der Waals surface area contributed by atoms with Crippen LogP contribution in [0.15, 0.2) is 4.79 Å². The summed E-state index contributed by atoms with van der Waals surface area (Å²) in [5.74, 6) is 0.420. The van der Waals surface area contributed by atoms with Gasteiger partial charge < -0.3 is 5.32 Å². The van der Waals surface area contributed by atoms with Crippen molar-refractivity contribution >= 4 is 5.95 Å². The van der Waals surface area contributed by atoms with Crippen molar-refractivity contribution in [2.24, 2.45) is 0 Å². The van der Waals surface area contributed by atoms with Crippen molar-refractivity contribution in [1.82, 2.24) is 15.2 Å². The number of H-pyrrole nitrogens is 1. The van der Waals surface area contributed by atoms with E-state index in [1.54, 1.807) is 6.92 Å². The standard InChI is InChI=1S/C6H10N4O/c1-3-7-6-8-5(11)4(2)9-10-6/h3H2,1-2H3,(H2,7,8,10,11). The highest BCUT2D eigenvalue weighted by atomic mass is 16.1. The highest BCUT2D eigenvalue weighted by Gasteiger charge is 1.96. The zero-order valence-electron chi connectivity index (χ0n) is 6.51. The second-order valence-corrected chi connectivity index (χ2v) is 2.12. The number of aryl methyl sites for hydroxylation is 1. The quantitative estimate of drug-likeness (QED) is 0.624. The van der Waals surface area contributed by atoms with Crippen molar-refractivity contribution in [3.8, 4) is 0 Å². The zero-order chi connectivity index (χ0) is 8.27. The first-order chi connectivity index (χ1) is 5.24. The summed E-state index contributed by atoms with van der Waals surface area (Å²) in [4.78, 5) is 13.5. The average Bonchev–Trinajstić information content (AvgIpc) is 1.98. The summed E-state index contributed by atoms with van der Waals surface area (Å²) >= 11 is 0. The van der Waals surface area contributed by atoms with E-state index in [0.29, 0.717) is 18.2 Å². The maximum absolute atomic E-state index is 10.9. The normalized spacial score (nSPS) is 9.64. The van der Waals surface area contributed by atoms with Crippen LogP contribution in [0.25, 0.3) is 0 Å². The van der Waals surface area contributed by atoms with Crippen LogP contribution in [0.5, 0.6) is 0 Å². The molecule has 0 unspecified atom stereocenters. The first-order valence-electron chi connectivity index (χ1n) is 3.41. The Hall–Kier alpha value is -1.39. The fourth-order valence-corrected chi connectivity index (χ4v) is 0.640. The predicted molar refractivity (Wildman–Crippen MR) is 41.6 cm³/mol. The lowest BCUT2D eigenvalue weighted by molar-refractivity contribution is 0.893. The molecular weight excluding hydrogens is 144 g/mol. The lowest BCUT2D eigenvalue weighted by atomic mass is 10.5. The van der Waals surface area contributed by atoms with Crippen LogP contribution in [-0.2, 0) is 0 Å². The molecule has 60 valence electrons. The molecule has 5 nitrogen and oxygen atoms in total. The molecule has 5 heteroatoms. The highest BCUT2D eigenvalue weighted by Crippen LogP contribution is 1.88. The monoisotopic (exact) mass is 154 g/mol. The van der Waals surface area contributed by atoms with Crippen LogP contribution in [0.4, 0.5) is 5.95 Å². The Morgan fingerprint density at radius 1 is 1.55 bits per heavy atom. The highest BCUT2D eigenvalue weighted by molar-refractivity contribution is 5.20. The SMILES string of the molecule is CCNc1nnc(C)c(=O)[nH]1. The van der Waals surface area contributed by atoms with Crippen molar-refractivity contribution in [3.63, 3.8) is 0 Å². The fraction of sp³-hybridized carbons (Fsp3) is 0.500. The van der Waals surface area contributed by atoms with Gasteiger partial charge in [0.15, 0.2) is 0 Å². The van der Waals surface area contributed by atoms with Crippen molar-refractivity contribution < 1.29 is 0 Å². The van der Waals surface area contributed by atoms with Gasteiger partial charge in [-0.15, -0.1) is 10.2 Å². The smallest absolute Gasteiger partial charge is 0.273 e. The van der Waals surface area contributed by atoms with Crippen LogP contribution in [0.2, 0.25) is 0 Å². The third-order valence-corrected chi connectivity index (χ3v) is 1.20. The van der Waals surface area contributed by atoms with Gasteiger partial charge in [-0.3, -0.25) is 9.78 Å². The Balaban J connectivity index is 2.96. The number of nitrogens with zero attached hydrogens (tertiary/aromatic N) is 2. The minimum atomic E-state index is -0.198. The maximum atomic E-state index is 10.9. The van der Waals surface area contributed by atoms with Crippen LogP contribution in [0.1, 0.15) is 12.6 Å². The minimum Gasteiger partial charge on any atom is -0.355 e. The van der Waals surface area contributed by atoms with E-state index in [-0.39, 0.29) is 5.56 Å². The average molecular weight is 154 g/mol. The maximum Gasteiger partial charge on any atom is 0.273 e. The van der Waals surface area contributed by atoms with Gasteiger partial charge in [0.25, 0.3) is 5.56 Å². The first-order valence-corrected chi connectivity index (χ1v) is 3.41. The van der Waals surface area contributed by atoms with E-state index < -0.39 is 0 Å². The molecule has 1 aromatic rings. The Labute approximate surface area is 63.9 Å². The first kappa shape index (κ1) is 7.71. The molecule has 11 heavy (non-hydrogen) atoms. The van der Waals surface area contributed by atoms with Gasteiger partial charge in [-0.25, -0.2) is 0 Å². The van der Waals surface area contributed by atoms with E-state index in [0.717, 1.165) is 0 Å². The number of aromatic amines is 1. The number of nitrogens with one attached hydrogen (secondary N) is 2. The van der Waals surface area contributed by atoms with E-state index >= 15 is 0 Å². The van der Waals surface area contributed by atoms with Gasteiger partial charge in [-0.05, 0) is 13.8 Å². The van der Waals surface area contributed by atoms with Crippen LogP contribution in [0, 0.1) is 6.92 Å². The lowest BCUT2D eigenvalue weighted by Crippen LogP contribution is -2.16. The molecule has 0 bridgehead atoms. The summed E-state index contributed by atoms with van der Waals surface area (Å²) in [6.07, 6.45) is 0. The number of hydrogen-bond donors (Lipinski definition) is 2. The van der Waals surface area contributed by atoms with Crippen LogP contribution in [-0.4, -0.2) is 21.7 Å². The van der Waals surface area contributed by atoms with Gasteiger partial charge in [-0.1, -0.05) is 0 Å². The van der Waals surface area contributed by atoms with E-state index in [1.807, 2.05) is 6.92 Å². The Morgan fingerprint density at radius 3 is 2.82 bits per heavy atom. The lowest BCUT2D eigenvalue weighted by Gasteiger charge is -1.98. The summed E-state index contributed by atoms with van der Waals surface area (Å²) in [5.41, 5.74) is 0.183. The number of hydrogen-bond acceptors (Lipinski definition) is 4. The topological polar surface area (TPSA) is 70.7 Å². The molecule has 0 aliphatic rings. The van der Waals surface area contributed by atoms with Crippen LogP contribution in [0.3, 0.4) is 0 Å². The summed E-state index contributed by atoms with van der Waals surface area (Å²) in [7, 11) is 0. The summed E-state index contributed by atoms with van der Waals surface area (Å²) in [5, 5.41) is 10.2.